The van der Waals surface area contributed by atoms with Crippen LogP contribution in [0.3, 0.4) is 0 Å². The van der Waals surface area contributed by atoms with Crippen LogP contribution in [0.25, 0.3) is 0 Å². The molecule has 116 valence electrons. The molecule has 0 fully saturated rings. The van der Waals surface area contributed by atoms with Crippen LogP contribution in [-0.4, -0.2) is 29.6 Å². The molecule has 0 radical (unpaired) electrons. The van der Waals surface area contributed by atoms with Crippen molar-refractivity contribution < 1.29 is 23.8 Å². The van der Waals surface area contributed by atoms with Gasteiger partial charge < -0.3 is 15.2 Å². The highest BCUT2D eigenvalue weighted by atomic mass is 19.1. The zero-order valence-electron chi connectivity index (χ0n) is 12.4. The summed E-state index contributed by atoms with van der Waals surface area (Å²) < 4.78 is 18.3. The number of carbonyl (C=O) groups excluding carboxylic acids is 1. The number of hydrogen-bond donors (Lipinski definition) is 2. The second-order valence-corrected chi connectivity index (χ2v) is 5.45. The monoisotopic (exact) mass is 297 g/mol. The second kappa shape index (κ2) is 7.06. The van der Waals surface area contributed by atoms with Crippen LogP contribution in [0.2, 0.25) is 0 Å². The number of ether oxygens (including phenoxy) is 1. The van der Waals surface area contributed by atoms with Gasteiger partial charge in [0.1, 0.15) is 11.6 Å². The summed E-state index contributed by atoms with van der Waals surface area (Å²) in [6.45, 7) is 4.96. The molecule has 0 aliphatic rings. The van der Waals surface area contributed by atoms with Gasteiger partial charge in [-0.3, -0.25) is 9.59 Å². The molecule has 1 atom stereocenters. The number of halogens is 1. The molecule has 1 aromatic rings. The van der Waals surface area contributed by atoms with E-state index in [1.54, 1.807) is 26.8 Å². The largest absolute Gasteiger partial charge is 0.481 e. The molecule has 0 saturated carbocycles. The Morgan fingerprint density at radius 1 is 1.43 bits per heavy atom. The number of aliphatic carboxylic acids is 1. The highest BCUT2D eigenvalue weighted by Gasteiger charge is 2.27. The van der Waals surface area contributed by atoms with Crippen LogP contribution >= 0.6 is 0 Å². The Morgan fingerprint density at radius 3 is 2.67 bits per heavy atom. The summed E-state index contributed by atoms with van der Waals surface area (Å²) in [7, 11) is 0. The van der Waals surface area contributed by atoms with Crippen LogP contribution < -0.4 is 10.1 Å². The Balaban J connectivity index is 2.43. The molecule has 1 rings (SSSR count). The van der Waals surface area contributed by atoms with Gasteiger partial charge >= 0.3 is 5.97 Å². The minimum absolute atomic E-state index is 0.231. The molecule has 0 saturated heterocycles. The molecule has 1 aromatic carbocycles. The summed E-state index contributed by atoms with van der Waals surface area (Å²) >= 11 is 0. The van der Waals surface area contributed by atoms with Gasteiger partial charge in [-0.15, -0.1) is 0 Å². The molecule has 5 nitrogen and oxygen atoms in total. The van der Waals surface area contributed by atoms with Crippen LogP contribution in [0.5, 0.6) is 5.75 Å². The maximum Gasteiger partial charge on any atom is 0.309 e. The standard InChI is InChI=1S/C15H20FNO4/c1-10(21-12-6-4-5-11(16)9-12)13(18)17-8-7-15(2,3)14(19)20/h4-6,9-10H,7-8H2,1-3H3,(H,17,18)(H,19,20). The van der Waals surface area contributed by atoms with E-state index in [1.165, 1.54) is 18.2 Å². The fourth-order valence-corrected chi connectivity index (χ4v) is 1.55. The average Bonchev–Trinajstić information content (AvgIpc) is 2.38. The molecule has 0 aromatic heterocycles. The predicted molar refractivity (Wildman–Crippen MR) is 75.5 cm³/mol. The molecule has 1 unspecified atom stereocenters. The molecular weight excluding hydrogens is 277 g/mol. The van der Waals surface area contributed by atoms with E-state index in [1.807, 2.05) is 0 Å². The number of carboxylic acid groups (broad SMARTS) is 1. The maximum atomic E-state index is 13.0. The van der Waals surface area contributed by atoms with E-state index in [9.17, 15) is 14.0 Å². The minimum Gasteiger partial charge on any atom is -0.481 e. The summed E-state index contributed by atoms with van der Waals surface area (Å²) in [5.41, 5.74) is -0.903. The van der Waals surface area contributed by atoms with Crippen molar-refractivity contribution in [1.29, 1.82) is 0 Å². The number of carboxylic acids is 1. The smallest absolute Gasteiger partial charge is 0.309 e. The maximum absolute atomic E-state index is 13.0. The fraction of sp³-hybridized carbons (Fsp3) is 0.467. The van der Waals surface area contributed by atoms with Gasteiger partial charge in [0.2, 0.25) is 0 Å². The lowest BCUT2D eigenvalue weighted by atomic mass is 9.90. The fourth-order valence-electron chi connectivity index (χ4n) is 1.55. The molecular formula is C15H20FNO4. The van der Waals surface area contributed by atoms with Crippen LogP contribution in [-0.2, 0) is 9.59 Å². The van der Waals surface area contributed by atoms with Crippen molar-refractivity contribution in [2.24, 2.45) is 5.41 Å². The lowest BCUT2D eigenvalue weighted by Crippen LogP contribution is -2.39. The van der Waals surface area contributed by atoms with Crippen LogP contribution in [0.1, 0.15) is 27.2 Å². The molecule has 1 amide bonds. The van der Waals surface area contributed by atoms with Gasteiger partial charge in [-0.1, -0.05) is 6.07 Å². The van der Waals surface area contributed by atoms with Gasteiger partial charge in [-0.2, -0.15) is 0 Å². The van der Waals surface area contributed by atoms with Crippen molar-refractivity contribution in [2.75, 3.05) is 6.54 Å². The first kappa shape index (κ1) is 16.9. The quantitative estimate of drug-likeness (QED) is 0.809. The zero-order valence-corrected chi connectivity index (χ0v) is 12.4. The van der Waals surface area contributed by atoms with Crippen LogP contribution in [0.4, 0.5) is 4.39 Å². The average molecular weight is 297 g/mol. The van der Waals surface area contributed by atoms with Crippen LogP contribution in [0, 0.1) is 11.2 Å². The molecule has 0 bridgehead atoms. The normalized spacial score (nSPS) is 12.6. The number of benzene rings is 1. The van der Waals surface area contributed by atoms with E-state index in [4.69, 9.17) is 9.84 Å². The minimum atomic E-state index is -0.916. The van der Waals surface area contributed by atoms with Crippen molar-refractivity contribution in [2.45, 2.75) is 33.3 Å². The van der Waals surface area contributed by atoms with Crippen molar-refractivity contribution in [1.82, 2.24) is 5.32 Å². The van der Waals surface area contributed by atoms with Gasteiger partial charge in [0.05, 0.1) is 5.41 Å². The molecule has 0 aliphatic heterocycles. The first-order valence-corrected chi connectivity index (χ1v) is 6.66. The lowest BCUT2D eigenvalue weighted by molar-refractivity contribution is -0.147. The van der Waals surface area contributed by atoms with Crippen LogP contribution in [0.15, 0.2) is 24.3 Å². The first-order chi connectivity index (χ1) is 9.72. The predicted octanol–water partition coefficient (Wildman–Crippen LogP) is 2.21. The Hall–Kier alpha value is -2.11. The Bertz CT molecular complexity index is 516. The number of carbonyl (C=O) groups is 2. The van der Waals surface area contributed by atoms with Gasteiger partial charge in [0, 0.05) is 12.6 Å². The third-order valence-electron chi connectivity index (χ3n) is 3.11. The van der Waals surface area contributed by atoms with Gasteiger partial charge in [-0.25, -0.2) is 4.39 Å². The number of amides is 1. The van der Waals surface area contributed by atoms with E-state index >= 15 is 0 Å². The Kier molecular flexibility index (Phi) is 5.69. The molecule has 0 aliphatic carbocycles. The van der Waals surface area contributed by atoms with Crippen molar-refractivity contribution in [3.05, 3.63) is 30.1 Å². The summed E-state index contributed by atoms with van der Waals surface area (Å²) in [6.07, 6.45) is -0.486. The van der Waals surface area contributed by atoms with E-state index in [0.29, 0.717) is 6.42 Å². The molecule has 2 N–H and O–H groups in total. The number of nitrogens with one attached hydrogen (secondary N) is 1. The first-order valence-electron chi connectivity index (χ1n) is 6.66. The SMILES string of the molecule is CC(Oc1cccc(F)c1)C(=O)NCCC(C)(C)C(=O)O. The van der Waals surface area contributed by atoms with Crippen molar-refractivity contribution in [3.8, 4) is 5.75 Å². The number of rotatable bonds is 7. The molecule has 6 heteroatoms. The third-order valence-corrected chi connectivity index (χ3v) is 3.11. The molecule has 21 heavy (non-hydrogen) atoms. The van der Waals surface area contributed by atoms with Crippen molar-refractivity contribution in [3.63, 3.8) is 0 Å². The lowest BCUT2D eigenvalue weighted by Gasteiger charge is -2.20. The second-order valence-electron chi connectivity index (χ2n) is 5.45. The Labute approximate surface area is 123 Å². The highest BCUT2D eigenvalue weighted by Crippen LogP contribution is 2.19. The summed E-state index contributed by atoms with van der Waals surface area (Å²) in [4.78, 5) is 22.7. The topological polar surface area (TPSA) is 75.6 Å². The van der Waals surface area contributed by atoms with E-state index in [0.717, 1.165) is 0 Å². The summed E-state index contributed by atoms with van der Waals surface area (Å²) in [5.74, 6) is -1.46. The third kappa shape index (κ3) is 5.41. The van der Waals surface area contributed by atoms with Gasteiger partial charge in [0.15, 0.2) is 6.10 Å². The summed E-state index contributed by atoms with van der Waals surface area (Å²) in [5, 5.41) is 11.6. The van der Waals surface area contributed by atoms with E-state index < -0.39 is 23.3 Å². The molecule has 0 spiro atoms. The summed E-state index contributed by atoms with van der Waals surface area (Å²) in [6, 6.07) is 5.52. The highest BCUT2D eigenvalue weighted by molar-refractivity contribution is 5.80. The van der Waals surface area contributed by atoms with Gasteiger partial charge in [0.25, 0.3) is 5.91 Å². The van der Waals surface area contributed by atoms with Crippen molar-refractivity contribution >= 4 is 11.9 Å². The number of hydrogen-bond acceptors (Lipinski definition) is 3. The zero-order chi connectivity index (χ0) is 16.0. The van der Waals surface area contributed by atoms with E-state index in [-0.39, 0.29) is 18.2 Å². The van der Waals surface area contributed by atoms with Gasteiger partial charge in [-0.05, 0) is 39.3 Å². The van der Waals surface area contributed by atoms with E-state index in [2.05, 4.69) is 5.32 Å². The Morgan fingerprint density at radius 2 is 2.10 bits per heavy atom. The molecule has 0 heterocycles.